The standard InChI is InChI=1S/C12H13ClN2O/c13-11-6-9(7-14)2-3-10(11)12-8-16-5-1-4-15-12/h2-3,6,12,15H,1,4-5,8H2/t12-/m0/s1. The molecule has 0 radical (unpaired) electrons. The summed E-state index contributed by atoms with van der Waals surface area (Å²) in [6, 6.07) is 7.58. The first-order chi connectivity index (χ1) is 7.81. The predicted molar refractivity (Wildman–Crippen MR) is 62.3 cm³/mol. The number of hydrogen-bond donors (Lipinski definition) is 1. The summed E-state index contributed by atoms with van der Waals surface area (Å²) in [6.07, 6.45) is 1.02. The number of nitrogens with zero attached hydrogens (tertiary/aromatic N) is 1. The maximum atomic E-state index is 8.76. The zero-order valence-electron chi connectivity index (χ0n) is 8.87. The molecular formula is C12H13ClN2O. The molecule has 1 aromatic rings. The molecule has 0 saturated carbocycles. The molecule has 1 heterocycles. The second kappa shape index (κ2) is 5.31. The van der Waals surface area contributed by atoms with Crippen molar-refractivity contribution in [1.82, 2.24) is 5.32 Å². The van der Waals surface area contributed by atoms with Crippen molar-refractivity contribution in [2.24, 2.45) is 0 Å². The fraction of sp³-hybridized carbons (Fsp3) is 0.417. The summed E-state index contributed by atoms with van der Waals surface area (Å²) in [6.45, 7) is 2.35. The van der Waals surface area contributed by atoms with Gasteiger partial charge in [-0.15, -0.1) is 0 Å². The molecule has 0 aliphatic carbocycles. The van der Waals surface area contributed by atoms with Crippen molar-refractivity contribution >= 4 is 11.6 Å². The minimum absolute atomic E-state index is 0.128. The van der Waals surface area contributed by atoms with Gasteiger partial charge in [0.2, 0.25) is 0 Å². The van der Waals surface area contributed by atoms with Crippen molar-refractivity contribution in [2.75, 3.05) is 19.8 Å². The van der Waals surface area contributed by atoms with E-state index in [0.717, 1.165) is 25.1 Å². The summed E-state index contributed by atoms with van der Waals surface area (Å²) in [5, 5.41) is 12.8. The third-order valence-corrected chi connectivity index (χ3v) is 2.97. The van der Waals surface area contributed by atoms with Gasteiger partial charge in [0.1, 0.15) is 0 Å². The van der Waals surface area contributed by atoms with Crippen LogP contribution >= 0.6 is 11.6 Å². The Hall–Kier alpha value is -1.08. The molecule has 4 heteroatoms. The second-order valence-electron chi connectivity index (χ2n) is 3.78. The number of rotatable bonds is 1. The summed E-state index contributed by atoms with van der Waals surface area (Å²) in [4.78, 5) is 0. The Bertz CT molecular complexity index is 406. The zero-order chi connectivity index (χ0) is 11.4. The van der Waals surface area contributed by atoms with Gasteiger partial charge in [0.05, 0.1) is 24.3 Å². The molecule has 0 bridgehead atoms. The predicted octanol–water partition coefficient (Wildman–Crippen LogP) is 2.26. The van der Waals surface area contributed by atoms with Crippen LogP contribution in [0.3, 0.4) is 0 Å². The Balaban J connectivity index is 2.22. The van der Waals surface area contributed by atoms with E-state index in [0.29, 0.717) is 17.2 Å². The van der Waals surface area contributed by atoms with Gasteiger partial charge in [-0.25, -0.2) is 0 Å². The maximum Gasteiger partial charge on any atom is 0.0992 e. The van der Waals surface area contributed by atoms with E-state index >= 15 is 0 Å². The number of hydrogen-bond acceptors (Lipinski definition) is 3. The smallest absolute Gasteiger partial charge is 0.0992 e. The first-order valence-electron chi connectivity index (χ1n) is 5.32. The average Bonchev–Trinajstić information content (AvgIpc) is 2.57. The molecule has 0 aromatic heterocycles. The summed E-state index contributed by atoms with van der Waals surface area (Å²) < 4.78 is 5.49. The van der Waals surface area contributed by atoms with Crippen LogP contribution in [0.2, 0.25) is 5.02 Å². The van der Waals surface area contributed by atoms with E-state index in [4.69, 9.17) is 21.6 Å². The highest BCUT2D eigenvalue weighted by atomic mass is 35.5. The van der Waals surface area contributed by atoms with Gasteiger partial charge >= 0.3 is 0 Å². The van der Waals surface area contributed by atoms with Crippen molar-refractivity contribution in [3.8, 4) is 6.07 Å². The Labute approximate surface area is 100.0 Å². The lowest BCUT2D eigenvalue weighted by Crippen LogP contribution is -2.23. The third-order valence-electron chi connectivity index (χ3n) is 2.65. The molecule has 1 saturated heterocycles. The molecule has 0 spiro atoms. The number of ether oxygens (including phenoxy) is 1. The first-order valence-corrected chi connectivity index (χ1v) is 5.70. The maximum absolute atomic E-state index is 8.76. The van der Waals surface area contributed by atoms with Crippen LogP contribution in [-0.4, -0.2) is 19.8 Å². The highest BCUT2D eigenvalue weighted by Crippen LogP contribution is 2.25. The monoisotopic (exact) mass is 236 g/mol. The number of nitrogens with one attached hydrogen (secondary N) is 1. The van der Waals surface area contributed by atoms with Crippen LogP contribution in [0.25, 0.3) is 0 Å². The molecule has 0 amide bonds. The van der Waals surface area contributed by atoms with Gasteiger partial charge in [-0.3, -0.25) is 0 Å². The topological polar surface area (TPSA) is 45.0 Å². The van der Waals surface area contributed by atoms with Crippen LogP contribution in [0.5, 0.6) is 0 Å². The zero-order valence-corrected chi connectivity index (χ0v) is 9.63. The Morgan fingerprint density at radius 3 is 3.12 bits per heavy atom. The lowest BCUT2D eigenvalue weighted by molar-refractivity contribution is 0.131. The Morgan fingerprint density at radius 1 is 1.50 bits per heavy atom. The molecule has 1 aromatic carbocycles. The summed E-state index contributed by atoms with van der Waals surface area (Å²) in [5.74, 6) is 0. The average molecular weight is 237 g/mol. The molecule has 1 aliphatic heterocycles. The summed E-state index contributed by atoms with van der Waals surface area (Å²) in [5.41, 5.74) is 1.59. The van der Waals surface area contributed by atoms with Crippen LogP contribution in [0.1, 0.15) is 23.6 Å². The van der Waals surface area contributed by atoms with E-state index in [-0.39, 0.29) is 6.04 Å². The van der Waals surface area contributed by atoms with E-state index in [1.807, 2.05) is 6.07 Å². The molecule has 1 aliphatic rings. The van der Waals surface area contributed by atoms with Gasteiger partial charge in [0, 0.05) is 11.6 Å². The van der Waals surface area contributed by atoms with Crippen molar-refractivity contribution in [3.05, 3.63) is 34.3 Å². The SMILES string of the molecule is N#Cc1ccc([C@@H]2COCCCN2)c(Cl)c1. The molecule has 1 N–H and O–H groups in total. The minimum Gasteiger partial charge on any atom is -0.379 e. The van der Waals surface area contributed by atoms with E-state index in [9.17, 15) is 0 Å². The number of halogens is 1. The van der Waals surface area contributed by atoms with Crippen LogP contribution in [0.15, 0.2) is 18.2 Å². The van der Waals surface area contributed by atoms with Crippen molar-refractivity contribution < 1.29 is 4.74 Å². The van der Waals surface area contributed by atoms with E-state index < -0.39 is 0 Å². The summed E-state index contributed by atoms with van der Waals surface area (Å²) >= 11 is 6.15. The van der Waals surface area contributed by atoms with Crippen LogP contribution < -0.4 is 5.32 Å². The normalized spacial score (nSPS) is 21.1. The second-order valence-corrected chi connectivity index (χ2v) is 4.19. The molecule has 1 fully saturated rings. The van der Waals surface area contributed by atoms with Crippen LogP contribution in [0, 0.1) is 11.3 Å². The lowest BCUT2D eigenvalue weighted by Gasteiger charge is -2.17. The third kappa shape index (κ3) is 2.53. The van der Waals surface area contributed by atoms with Gasteiger partial charge in [0.15, 0.2) is 0 Å². The minimum atomic E-state index is 0.128. The van der Waals surface area contributed by atoms with Crippen LogP contribution in [0.4, 0.5) is 0 Å². The molecule has 2 rings (SSSR count). The quantitative estimate of drug-likeness (QED) is 0.814. The van der Waals surface area contributed by atoms with Gasteiger partial charge in [-0.2, -0.15) is 5.26 Å². The highest BCUT2D eigenvalue weighted by Gasteiger charge is 2.16. The molecule has 84 valence electrons. The summed E-state index contributed by atoms with van der Waals surface area (Å²) in [7, 11) is 0. The molecule has 3 nitrogen and oxygen atoms in total. The molecule has 16 heavy (non-hydrogen) atoms. The fourth-order valence-electron chi connectivity index (χ4n) is 1.79. The largest absolute Gasteiger partial charge is 0.379 e. The van der Waals surface area contributed by atoms with E-state index in [1.165, 1.54) is 0 Å². The van der Waals surface area contributed by atoms with Gasteiger partial charge < -0.3 is 10.1 Å². The van der Waals surface area contributed by atoms with Crippen molar-refractivity contribution in [2.45, 2.75) is 12.5 Å². The molecule has 0 unspecified atom stereocenters. The van der Waals surface area contributed by atoms with Gasteiger partial charge in [-0.1, -0.05) is 17.7 Å². The Morgan fingerprint density at radius 2 is 2.38 bits per heavy atom. The van der Waals surface area contributed by atoms with Gasteiger partial charge in [0.25, 0.3) is 0 Å². The fourth-order valence-corrected chi connectivity index (χ4v) is 2.10. The molecular weight excluding hydrogens is 224 g/mol. The first kappa shape index (κ1) is 11.4. The number of benzene rings is 1. The van der Waals surface area contributed by atoms with E-state index in [2.05, 4.69) is 11.4 Å². The van der Waals surface area contributed by atoms with E-state index in [1.54, 1.807) is 12.1 Å². The van der Waals surface area contributed by atoms with Crippen LogP contribution in [-0.2, 0) is 4.74 Å². The van der Waals surface area contributed by atoms with Gasteiger partial charge in [-0.05, 0) is 30.7 Å². The lowest BCUT2D eigenvalue weighted by atomic mass is 10.1. The molecule has 1 atom stereocenters. The van der Waals surface area contributed by atoms with Crippen molar-refractivity contribution in [1.29, 1.82) is 5.26 Å². The number of nitriles is 1. The highest BCUT2D eigenvalue weighted by molar-refractivity contribution is 6.31. The Kier molecular flexibility index (Phi) is 3.79. The van der Waals surface area contributed by atoms with Crippen molar-refractivity contribution in [3.63, 3.8) is 0 Å².